The predicted molar refractivity (Wildman–Crippen MR) is 204 cm³/mol. The van der Waals surface area contributed by atoms with Crippen LogP contribution in [0.1, 0.15) is 179 Å². The van der Waals surface area contributed by atoms with Crippen molar-refractivity contribution in [1.29, 1.82) is 0 Å². The maximum Gasteiger partial charge on any atom is 2.00 e. The summed E-state index contributed by atoms with van der Waals surface area (Å²) in [5.74, 6) is 0. The van der Waals surface area contributed by atoms with Gasteiger partial charge in [-0.25, -0.2) is 16.8 Å². The number of aryl methyl sites for hydroxylation is 2. The van der Waals surface area contributed by atoms with Gasteiger partial charge in [-0.3, -0.25) is 0 Å². The van der Waals surface area contributed by atoms with Crippen LogP contribution in [0.3, 0.4) is 0 Å². The smallest absolute Gasteiger partial charge is 0.744 e. The van der Waals surface area contributed by atoms with Crippen LogP contribution in [0.5, 0.6) is 0 Å². The SMILES string of the molecule is CCCCCCCCCCCCCCc1cccc(S(=O)(=O)[O-])c1.CCCCCCCCCCCCCCc1cccc(S(=O)(=O)[O-])c1.[Ba+2]. The molecule has 2 aromatic rings. The average molecular weight is 844 g/mol. The molecule has 49 heavy (non-hydrogen) atoms. The summed E-state index contributed by atoms with van der Waals surface area (Å²) in [6, 6.07) is 12.9. The molecule has 0 unspecified atom stereocenters. The minimum atomic E-state index is -4.33. The first-order valence-corrected chi connectivity index (χ1v) is 22.0. The van der Waals surface area contributed by atoms with Gasteiger partial charge in [-0.2, -0.15) is 0 Å². The fraction of sp³-hybridized carbons (Fsp3) is 0.700. The molecule has 0 heterocycles. The second kappa shape index (κ2) is 31.4. The quantitative estimate of drug-likeness (QED) is 0.0479. The van der Waals surface area contributed by atoms with Gasteiger partial charge in [0.2, 0.25) is 0 Å². The molecular weight excluding hydrogens is 778 g/mol. The number of rotatable bonds is 28. The average Bonchev–Trinajstić information content (AvgIpc) is 3.05. The Morgan fingerprint density at radius 2 is 0.653 bits per heavy atom. The maximum absolute atomic E-state index is 11.0. The molecule has 2 rings (SSSR count). The first-order valence-electron chi connectivity index (χ1n) is 19.2. The van der Waals surface area contributed by atoms with E-state index in [4.69, 9.17) is 0 Å². The van der Waals surface area contributed by atoms with Gasteiger partial charge in [0.25, 0.3) is 0 Å². The van der Waals surface area contributed by atoms with E-state index < -0.39 is 20.2 Å². The van der Waals surface area contributed by atoms with Gasteiger partial charge in [-0.05, 0) is 61.1 Å². The zero-order valence-corrected chi connectivity index (χ0v) is 37.1. The standard InChI is InChI=1S/2C20H34O3S.Ba/c2*1-2-3-4-5-6-7-8-9-10-11-12-13-15-19-16-14-17-20(18-19)24(21,22)23;/h2*14,16-18H,2-13,15H2,1H3,(H,21,22,23);/q;;+2/p-2. The summed E-state index contributed by atoms with van der Waals surface area (Å²) < 4.78 is 66.0. The Balaban J connectivity index is 0.000000922. The Hall–Kier alpha value is -0.169. The molecule has 0 radical (unpaired) electrons. The Kier molecular flexibility index (Phi) is 31.3. The molecule has 276 valence electrons. The molecule has 0 saturated heterocycles. The molecule has 0 fully saturated rings. The minimum absolute atomic E-state index is 0. The van der Waals surface area contributed by atoms with Crippen molar-refractivity contribution in [2.45, 2.75) is 191 Å². The normalized spacial score (nSPS) is 11.5. The van der Waals surface area contributed by atoms with E-state index in [0.717, 1.165) is 36.8 Å². The molecule has 0 amide bonds. The molecule has 9 heteroatoms. The van der Waals surface area contributed by atoms with Gasteiger partial charge in [-0.1, -0.05) is 179 Å². The molecule has 0 aliphatic rings. The third-order valence-corrected chi connectivity index (χ3v) is 10.7. The molecule has 0 bridgehead atoms. The summed E-state index contributed by atoms with van der Waals surface area (Å²) in [6.45, 7) is 4.50. The molecule has 0 saturated carbocycles. The monoisotopic (exact) mass is 844 g/mol. The van der Waals surface area contributed by atoms with Crippen molar-refractivity contribution in [3.8, 4) is 0 Å². The number of hydrogen-bond acceptors (Lipinski definition) is 6. The van der Waals surface area contributed by atoms with Crippen LogP contribution in [-0.4, -0.2) is 74.8 Å². The van der Waals surface area contributed by atoms with E-state index in [1.54, 1.807) is 12.1 Å². The number of benzene rings is 2. The molecule has 0 spiro atoms. The molecule has 0 aliphatic heterocycles. The van der Waals surface area contributed by atoms with E-state index in [9.17, 15) is 25.9 Å². The summed E-state index contributed by atoms with van der Waals surface area (Å²) >= 11 is 0. The van der Waals surface area contributed by atoms with Gasteiger partial charge in [0.05, 0.1) is 9.79 Å². The second-order valence-electron chi connectivity index (χ2n) is 13.5. The molecule has 0 atom stereocenters. The third kappa shape index (κ3) is 28.1. The van der Waals surface area contributed by atoms with Gasteiger partial charge in [0.1, 0.15) is 20.2 Å². The molecule has 2 aromatic carbocycles. The Morgan fingerprint density at radius 1 is 0.408 bits per heavy atom. The second-order valence-corrected chi connectivity index (χ2v) is 16.2. The van der Waals surface area contributed by atoms with Gasteiger partial charge >= 0.3 is 48.9 Å². The van der Waals surface area contributed by atoms with E-state index in [1.165, 1.54) is 166 Å². The summed E-state index contributed by atoms with van der Waals surface area (Å²) in [5, 5.41) is 0. The van der Waals surface area contributed by atoms with Gasteiger partial charge in [0.15, 0.2) is 0 Å². The van der Waals surface area contributed by atoms with Crippen molar-refractivity contribution < 1.29 is 25.9 Å². The first-order chi connectivity index (χ1) is 23.1. The van der Waals surface area contributed by atoms with Crippen molar-refractivity contribution in [3.05, 3.63) is 59.7 Å². The van der Waals surface area contributed by atoms with Crippen molar-refractivity contribution in [3.63, 3.8) is 0 Å². The van der Waals surface area contributed by atoms with E-state index >= 15 is 0 Å². The molecule has 0 aliphatic carbocycles. The van der Waals surface area contributed by atoms with E-state index in [0.29, 0.717) is 0 Å². The summed E-state index contributed by atoms with van der Waals surface area (Å²) in [6.07, 6.45) is 33.1. The van der Waals surface area contributed by atoms with Gasteiger partial charge in [0, 0.05) is 0 Å². The van der Waals surface area contributed by atoms with E-state index in [2.05, 4.69) is 13.8 Å². The summed E-state index contributed by atoms with van der Waals surface area (Å²) in [5.41, 5.74) is 1.89. The fourth-order valence-corrected chi connectivity index (χ4v) is 7.14. The minimum Gasteiger partial charge on any atom is -0.744 e. The maximum atomic E-state index is 11.0. The predicted octanol–water partition coefficient (Wildman–Crippen LogP) is 11.3. The Bertz CT molecular complexity index is 1180. The summed E-state index contributed by atoms with van der Waals surface area (Å²) in [4.78, 5) is -0.224. The molecule has 0 aromatic heterocycles. The van der Waals surface area contributed by atoms with Crippen LogP contribution in [0, 0.1) is 0 Å². The topological polar surface area (TPSA) is 114 Å². The van der Waals surface area contributed by atoms with Gasteiger partial charge < -0.3 is 9.11 Å². The number of hydrogen-bond donors (Lipinski definition) is 0. The fourth-order valence-electron chi connectivity index (χ4n) is 6.05. The van der Waals surface area contributed by atoms with Crippen LogP contribution in [0.25, 0.3) is 0 Å². The Morgan fingerprint density at radius 3 is 0.898 bits per heavy atom. The van der Waals surface area contributed by atoms with Crippen molar-refractivity contribution in [1.82, 2.24) is 0 Å². The zero-order valence-electron chi connectivity index (χ0n) is 31.0. The van der Waals surface area contributed by atoms with E-state index in [-0.39, 0.29) is 58.7 Å². The van der Waals surface area contributed by atoms with Crippen LogP contribution in [0.2, 0.25) is 0 Å². The molecule has 0 N–H and O–H groups in total. The van der Waals surface area contributed by atoms with E-state index in [1.807, 2.05) is 12.1 Å². The van der Waals surface area contributed by atoms with Crippen LogP contribution in [-0.2, 0) is 33.1 Å². The van der Waals surface area contributed by atoms with Crippen LogP contribution >= 0.6 is 0 Å². The van der Waals surface area contributed by atoms with Gasteiger partial charge in [-0.15, -0.1) is 0 Å². The van der Waals surface area contributed by atoms with Crippen molar-refractivity contribution in [2.75, 3.05) is 0 Å². The number of unbranched alkanes of at least 4 members (excludes halogenated alkanes) is 22. The largest absolute Gasteiger partial charge is 2.00 e. The van der Waals surface area contributed by atoms with Crippen LogP contribution in [0.4, 0.5) is 0 Å². The summed E-state index contributed by atoms with van der Waals surface area (Å²) in [7, 11) is -8.66. The first kappa shape index (κ1) is 48.8. The molecular formula is C40H66BaO6S2. The molecule has 6 nitrogen and oxygen atoms in total. The Labute approximate surface area is 342 Å². The van der Waals surface area contributed by atoms with Crippen molar-refractivity contribution in [2.24, 2.45) is 0 Å². The zero-order chi connectivity index (χ0) is 35.4. The third-order valence-electron chi connectivity index (χ3n) is 9.01. The van der Waals surface area contributed by atoms with Crippen molar-refractivity contribution >= 4 is 69.1 Å². The van der Waals surface area contributed by atoms with Crippen LogP contribution in [0.15, 0.2) is 58.3 Å². The van der Waals surface area contributed by atoms with Crippen LogP contribution < -0.4 is 0 Å².